The molecule has 0 saturated carbocycles. The number of aromatic carboxylic acids is 1. The predicted octanol–water partition coefficient (Wildman–Crippen LogP) is 1.78. The maximum atomic E-state index is 10.9. The van der Waals surface area contributed by atoms with Crippen LogP contribution in [0.5, 0.6) is 0 Å². The summed E-state index contributed by atoms with van der Waals surface area (Å²) < 4.78 is 0. The lowest BCUT2D eigenvalue weighted by atomic mass is 10.3. The molecule has 0 aromatic carbocycles. The van der Waals surface area contributed by atoms with Gasteiger partial charge in [0.15, 0.2) is 0 Å². The number of pyridine rings is 1. The van der Waals surface area contributed by atoms with Gasteiger partial charge in [0.2, 0.25) is 5.16 Å². The van der Waals surface area contributed by atoms with Crippen LogP contribution in [0, 0.1) is 6.92 Å². The van der Waals surface area contributed by atoms with Crippen molar-refractivity contribution in [3.63, 3.8) is 0 Å². The second-order valence-corrected chi connectivity index (χ2v) is 3.92. The highest BCUT2D eigenvalue weighted by Crippen LogP contribution is 2.25. The number of hydrogen-bond acceptors (Lipinski definition) is 5. The average molecular weight is 273 g/mol. The lowest BCUT2D eigenvalue weighted by Gasteiger charge is -2.00. The first-order valence-corrected chi connectivity index (χ1v) is 5.23. The zero-order valence-corrected chi connectivity index (χ0v) is 10.4. The molecule has 2 aromatic heterocycles. The number of carbonyl (C=O) groups is 1. The molecule has 0 radical (unpaired) electrons. The zero-order chi connectivity index (χ0) is 11.5. The van der Waals surface area contributed by atoms with E-state index < -0.39 is 5.97 Å². The van der Waals surface area contributed by atoms with E-state index in [4.69, 9.17) is 5.11 Å². The number of carboxylic acids is 1. The van der Waals surface area contributed by atoms with Gasteiger partial charge in [-0.25, -0.2) is 14.8 Å². The van der Waals surface area contributed by atoms with Crippen LogP contribution >= 0.6 is 24.2 Å². The molecule has 8 heteroatoms. The molecule has 2 heterocycles. The molecule has 0 unspecified atom stereocenters. The Morgan fingerprint density at radius 3 is 2.88 bits per heavy atom. The standard InChI is InChI=1S/C9H8N4O2S.ClH/c1-5-11-9(13-12-5)16-7-6(8(14)15)3-2-4-10-7;/h2-4H,1H3,(H,14,15)(H,11,12,13);1H. The quantitative estimate of drug-likeness (QED) is 0.885. The molecule has 2 aromatic rings. The molecule has 0 atom stereocenters. The summed E-state index contributed by atoms with van der Waals surface area (Å²) in [5.41, 5.74) is 0.148. The van der Waals surface area contributed by atoms with Gasteiger partial charge in [-0.1, -0.05) is 0 Å². The number of rotatable bonds is 3. The van der Waals surface area contributed by atoms with E-state index in [1.54, 1.807) is 13.0 Å². The number of aryl methyl sites for hydroxylation is 1. The van der Waals surface area contributed by atoms with E-state index >= 15 is 0 Å². The lowest BCUT2D eigenvalue weighted by Crippen LogP contribution is -2.00. The molecule has 90 valence electrons. The van der Waals surface area contributed by atoms with Crippen LogP contribution in [-0.4, -0.2) is 31.2 Å². The third kappa shape index (κ3) is 3.18. The fourth-order valence-electron chi connectivity index (χ4n) is 1.09. The molecule has 0 aliphatic rings. The Balaban J connectivity index is 0.00000144. The third-order valence-corrected chi connectivity index (χ3v) is 2.65. The van der Waals surface area contributed by atoms with Gasteiger partial charge in [-0.05, 0) is 30.8 Å². The van der Waals surface area contributed by atoms with Gasteiger partial charge in [-0.3, -0.25) is 5.10 Å². The van der Waals surface area contributed by atoms with E-state index in [1.165, 1.54) is 12.3 Å². The van der Waals surface area contributed by atoms with Crippen LogP contribution < -0.4 is 0 Å². The normalized spacial score (nSPS) is 9.71. The minimum atomic E-state index is -1.01. The molecular weight excluding hydrogens is 264 g/mol. The molecule has 0 fully saturated rings. The molecule has 0 spiro atoms. The monoisotopic (exact) mass is 272 g/mol. The van der Waals surface area contributed by atoms with Gasteiger partial charge in [-0.15, -0.1) is 17.5 Å². The third-order valence-electron chi connectivity index (χ3n) is 1.77. The van der Waals surface area contributed by atoms with E-state index in [9.17, 15) is 4.79 Å². The number of nitrogens with one attached hydrogen (secondary N) is 1. The molecule has 17 heavy (non-hydrogen) atoms. The van der Waals surface area contributed by atoms with Crippen LogP contribution in [0.2, 0.25) is 0 Å². The molecule has 0 aliphatic carbocycles. The maximum absolute atomic E-state index is 10.9. The average Bonchev–Trinajstić information content (AvgIpc) is 2.64. The molecule has 6 nitrogen and oxygen atoms in total. The van der Waals surface area contributed by atoms with Crippen LogP contribution in [0.15, 0.2) is 28.5 Å². The van der Waals surface area contributed by atoms with Gasteiger partial charge in [-0.2, -0.15) is 0 Å². The summed E-state index contributed by atoms with van der Waals surface area (Å²) in [4.78, 5) is 19.0. The minimum Gasteiger partial charge on any atom is -0.478 e. The molecule has 0 aliphatic heterocycles. The van der Waals surface area contributed by atoms with Gasteiger partial charge in [0.05, 0.1) is 5.56 Å². The molecular formula is C9H9ClN4O2S. The van der Waals surface area contributed by atoms with Crippen LogP contribution in [0.4, 0.5) is 0 Å². The van der Waals surface area contributed by atoms with Crippen LogP contribution in [0.25, 0.3) is 0 Å². The summed E-state index contributed by atoms with van der Waals surface area (Å²) in [6, 6.07) is 3.08. The molecule has 2 rings (SSSR count). The smallest absolute Gasteiger partial charge is 0.338 e. The summed E-state index contributed by atoms with van der Waals surface area (Å²) in [5.74, 6) is -0.335. The van der Waals surface area contributed by atoms with Crippen molar-refractivity contribution in [1.82, 2.24) is 20.2 Å². The summed E-state index contributed by atoms with van der Waals surface area (Å²) >= 11 is 1.12. The van der Waals surface area contributed by atoms with Gasteiger partial charge < -0.3 is 5.11 Å². The van der Waals surface area contributed by atoms with Crippen molar-refractivity contribution in [3.05, 3.63) is 29.7 Å². The van der Waals surface area contributed by atoms with Crippen molar-refractivity contribution in [2.45, 2.75) is 17.1 Å². The fraction of sp³-hybridized carbons (Fsp3) is 0.111. The van der Waals surface area contributed by atoms with Gasteiger partial charge >= 0.3 is 5.97 Å². The number of aromatic nitrogens is 4. The van der Waals surface area contributed by atoms with Crippen LogP contribution in [-0.2, 0) is 0 Å². The first-order valence-electron chi connectivity index (χ1n) is 4.42. The summed E-state index contributed by atoms with van der Waals surface area (Å²) in [5, 5.41) is 16.4. The SMILES string of the molecule is Cc1nc(Sc2ncccc2C(=O)O)n[nH]1.Cl. The highest BCUT2D eigenvalue weighted by molar-refractivity contribution is 7.99. The Labute approximate surface area is 107 Å². The maximum Gasteiger partial charge on any atom is 0.338 e. The first kappa shape index (κ1) is 13.5. The van der Waals surface area contributed by atoms with Crippen molar-refractivity contribution in [2.24, 2.45) is 0 Å². The Morgan fingerprint density at radius 1 is 1.53 bits per heavy atom. The Hall–Kier alpha value is -1.60. The molecule has 2 N–H and O–H groups in total. The topological polar surface area (TPSA) is 91.8 Å². The van der Waals surface area contributed by atoms with Crippen molar-refractivity contribution in [3.8, 4) is 0 Å². The van der Waals surface area contributed by atoms with E-state index in [-0.39, 0.29) is 18.0 Å². The Bertz CT molecular complexity index is 531. The first-order chi connectivity index (χ1) is 7.66. The highest BCUT2D eigenvalue weighted by atomic mass is 35.5. The van der Waals surface area contributed by atoms with Gasteiger partial charge in [0, 0.05) is 6.20 Å². The van der Waals surface area contributed by atoms with Crippen LogP contribution in [0.1, 0.15) is 16.2 Å². The van der Waals surface area contributed by atoms with E-state index in [0.717, 1.165) is 11.8 Å². The molecule has 0 bridgehead atoms. The second kappa shape index (κ2) is 5.65. The minimum absolute atomic E-state index is 0. The Morgan fingerprint density at radius 2 is 2.29 bits per heavy atom. The van der Waals surface area contributed by atoms with Crippen molar-refractivity contribution < 1.29 is 9.90 Å². The highest BCUT2D eigenvalue weighted by Gasteiger charge is 2.13. The number of hydrogen-bond donors (Lipinski definition) is 2. The van der Waals surface area contributed by atoms with Crippen LogP contribution in [0.3, 0.4) is 0 Å². The van der Waals surface area contributed by atoms with Crippen molar-refractivity contribution in [1.29, 1.82) is 0 Å². The molecule has 0 amide bonds. The number of H-pyrrole nitrogens is 1. The summed E-state index contributed by atoms with van der Waals surface area (Å²) in [6.07, 6.45) is 1.54. The second-order valence-electron chi connectivity index (χ2n) is 2.97. The number of aromatic amines is 1. The summed E-state index contributed by atoms with van der Waals surface area (Å²) in [6.45, 7) is 1.77. The van der Waals surface area contributed by atoms with Crippen molar-refractivity contribution in [2.75, 3.05) is 0 Å². The fourth-order valence-corrected chi connectivity index (χ4v) is 1.91. The predicted molar refractivity (Wildman–Crippen MR) is 63.7 cm³/mol. The van der Waals surface area contributed by atoms with Gasteiger partial charge in [0.1, 0.15) is 10.9 Å². The van der Waals surface area contributed by atoms with E-state index in [1.807, 2.05) is 0 Å². The zero-order valence-electron chi connectivity index (χ0n) is 8.75. The number of nitrogens with zero attached hydrogens (tertiary/aromatic N) is 3. The van der Waals surface area contributed by atoms with Crippen molar-refractivity contribution >= 4 is 30.1 Å². The van der Waals surface area contributed by atoms with E-state index in [2.05, 4.69) is 20.2 Å². The number of carboxylic acid groups (broad SMARTS) is 1. The molecule has 0 saturated heterocycles. The van der Waals surface area contributed by atoms with E-state index in [0.29, 0.717) is 16.0 Å². The van der Waals surface area contributed by atoms with Gasteiger partial charge in [0.25, 0.3) is 0 Å². The number of halogens is 1. The summed E-state index contributed by atoms with van der Waals surface area (Å²) in [7, 11) is 0. The largest absolute Gasteiger partial charge is 0.478 e. The Kier molecular flexibility index (Phi) is 4.47. The lowest BCUT2D eigenvalue weighted by molar-refractivity contribution is 0.0692.